The molecule has 0 aliphatic heterocycles. The zero-order chi connectivity index (χ0) is 13.7. The smallest absolute Gasteiger partial charge is 0.251 e. The molecule has 0 saturated carbocycles. The number of carbonyl (C=O) groups excluding carboxylic acids is 1. The lowest BCUT2D eigenvalue weighted by Gasteiger charge is -2.13. The van der Waals surface area contributed by atoms with Crippen molar-refractivity contribution in [3.63, 3.8) is 0 Å². The molecule has 0 radical (unpaired) electrons. The Balaban J connectivity index is 2.98. The maximum atomic E-state index is 12.0. The number of hydrogen-bond acceptors (Lipinski definition) is 3. The van der Waals surface area contributed by atoms with E-state index in [2.05, 4.69) is 19.2 Å². The molecule has 0 unspecified atom stereocenters. The van der Waals surface area contributed by atoms with Crippen LogP contribution in [-0.4, -0.2) is 26.7 Å². The van der Waals surface area contributed by atoms with Crippen LogP contribution in [0.15, 0.2) is 12.1 Å². The SMILES string of the molecule is COc1cc(C(=O)NCC(C)C)cc(OC)c1C. The molecule has 0 aliphatic carbocycles. The Morgan fingerprint density at radius 2 is 1.72 bits per heavy atom. The molecule has 0 atom stereocenters. The van der Waals surface area contributed by atoms with Gasteiger partial charge >= 0.3 is 0 Å². The fourth-order valence-corrected chi connectivity index (χ4v) is 1.62. The van der Waals surface area contributed by atoms with Gasteiger partial charge in [-0.25, -0.2) is 0 Å². The summed E-state index contributed by atoms with van der Waals surface area (Å²) in [4.78, 5) is 12.0. The van der Waals surface area contributed by atoms with Crippen LogP contribution in [0, 0.1) is 12.8 Å². The molecule has 0 spiro atoms. The van der Waals surface area contributed by atoms with Gasteiger partial charge in [-0.3, -0.25) is 4.79 Å². The van der Waals surface area contributed by atoms with E-state index in [1.165, 1.54) is 0 Å². The number of hydrogen-bond donors (Lipinski definition) is 1. The van der Waals surface area contributed by atoms with Crippen LogP contribution >= 0.6 is 0 Å². The molecular formula is C14H21NO3. The summed E-state index contributed by atoms with van der Waals surface area (Å²) in [6, 6.07) is 3.46. The number of benzene rings is 1. The van der Waals surface area contributed by atoms with Gasteiger partial charge in [0.05, 0.1) is 14.2 Å². The maximum absolute atomic E-state index is 12.0. The normalized spacial score (nSPS) is 10.3. The molecule has 18 heavy (non-hydrogen) atoms. The van der Waals surface area contributed by atoms with Crippen molar-refractivity contribution in [1.29, 1.82) is 0 Å². The summed E-state index contributed by atoms with van der Waals surface area (Å²) in [6.45, 7) is 6.65. The number of amides is 1. The van der Waals surface area contributed by atoms with Crippen LogP contribution in [0.4, 0.5) is 0 Å². The summed E-state index contributed by atoms with van der Waals surface area (Å²) in [7, 11) is 3.16. The van der Waals surface area contributed by atoms with E-state index in [1.807, 2.05) is 6.92 Å². The standard InChI is InChI=1S/C14H21NO3/c1-9(2)8-15-14(16)11-6-12(17-4)10(3)13(7-11)18-5/h6-7,9H,8H2,1-5H3,(H,15,16). The van der Waals surface area contributed by atoms with Crippen LogP contribution in [0.25, 0.3) is 0 Å². The Bertz CT molecular complexity index is 402. The maximum Gasteiger partial charge on any atom is 0.251 e. The van der Waals surface area contributed by atoms with E-state index < -0.39 is 0 Å². The molecular weight excluding hydrogens is 230 g/mol. The van der Waals surface area contributed by atoms with Crippen LogP contribution in [-0.2, 0) is 0 Å². The monoisotopic (exact) mass is 251 g/mol. The van der Waals surface area contributed by atoms with Crippen LogP contribution in [0.2, 0.25) is 0 Å². The van der Waals surface area contributed by atoms with Crippen molar-refractivity contribution in [2.75, 3.05) is 20.8 Å². The lowest BCUT2D eigenvalue weighted by atomic mass is 10.1. The van der Waals surface area contributed by atoms with Gasteiger partial charge in [-0.1, -0.05) is 13.8 Å². The van der Waals surface area contributed by atoms with Gasteiger partial charge in [0.25, 0.3) is 5.91 Å². The third kappa shape index (κ3) is 3.39. The second-order valence-corrected chi connectivity index (χ2v) is 4.61. The summed E-state index contributed by atoms with van der Waals surface area (Å²) >= 11 is 0. The quantitative estimate of drug-likeness (QED) is 0.874. The Hall–Kier alpha value is -1.71. The van der Waals surface area contributed by atoms with Crippen LogP contribution in [0.1, 0.15) is 29.8 Å². The third-order valence-corrected chi connectivity index (χ3v) is 2.69. The van der Waals surface area contributed by atoms with Crippen molar-refractivity contribution in [3.8, 4) is 11.5 Å². The highest BCUT2D eigenvalue weighted by Crippen LogP contribution is 2.29. The molecule has 4 heteroatoms. The van der Waals surface area contributed by atoms with E-state index in [0.29, 0.717) is 29.5 Å². The Labute approximate surface area is 108 Å². The van der Waals surface area contributed by atoms with Gasteiger partial charge in [0, 0.05) is 17.7 Å². The summed E-state index contributed by atoms with van der Waals surface area (Å²) in [6.07, 6.45) is 0. The number of nitrogens with one attached hydrogen (secondary N) is 1. The highest BCUT2D eigenvalue weighted by Gasteiger charge is 2.13. The lowest BCUT2D eigenvalue weighted by Crippen LogP contribution is -2.27. The fourth-order valence-electron chi connectivity index (χ4n) is 1.62. The first-order valence-electron chi connectivity index (χ1n) is 6.00. The van der Waals surface area contributed by atoms with Gasteiger partial charge in [-0.05, 0) is 25.0 Å². The highest BCUT2D eigenvalue weighted by atomic mass is 16.5. The van der Waals surface area contributed by atoms with Gasteiger partial charge in [0.15, 0.2) is 0 Å². The van der Waals surface area contributed by atoms with E-state index in [1.54, 1.807) is 26.4 Å². The first-order chi connectivity index (χ1) is 8.49. The van der Waals surface area contributed by atoms with Crippen molar-refractivity contribution < 1.29 is 14.3 Å². The van der Waals surface area contributed by atoms with Gasteiger partial charge < -0.3 is 14.8 Å². The van der Waals surface area contributed by atoms with Gasteiger partial charge in [0.2, 0.25) is 0 Å². The van der Waals surface area contributed by atoms with Gasteiger partial charge in [-0.15, -0.1) is 0 Å². The summed E-state index contributed by atoms with van der Waals surface area (Å²) in [5.74, 6) is 1.62. The number of ether oxygens (including phenoxy) is 2. The molecule has 1 rings (SSSR count). The second-order valence-electron chi connectivity index (χ2n) is 4.61. The topological polar surface area (TPSA) is 47.6 Å². The minimum Gasteiger partial charge on any atom is -0.496 e. The van der Waals surface area contributed by atoms with Gasteiger partial charge in [0.1, 0.15) is 11.5 Å². The first kappa shape index (κ1) is 14.4. The minimum atomic E-state index is -0.111. The summed E-state index contributed by atoms with van der Waals surface area (Å²) < 4.78 is 10.5. The minimum absolute atomic E-state index is 0.111. The van der Waals surface area contributed by atoms with E-state index in [-0.39, 0.29) is 5.91 Å². The molecule has 0 heterocycles. The fraction of sp³-hybridized carbons (Fsp3) is 0.500. The largest absolute Gasteiger partial charge is 0.496 e. The zero-order valence-electron chi connectivity index (χ0n) is 11.7. The molecule has 1 amide bonds. The van der Waals surface area contributed by atoms with Gasteiger partial charge in [-0.2, -0.15) is 0 Å². The molecule has 1 aromatic carbocycles. The van der Waals surface area contributed by atoms with E-state index in [9.17, 15) is 4.79 Å². The molecule has 1 aromatic rings. The van der Waals surface area contributed by atoms with Crippen molar-refractivity contribution in [1.82, 2.24) is 5.32 Å². The van der Waals surface area contributed by atoms with Crippen LogP contribution < -0.4 is 14.8 Å². The second kappa shape index (κ2) is 6.28. The zero-order valence-corrected chi connectivity index (χ0v) is 11.7. The molecule has 100 valence electrons. The average molecular weight is 251 g/mol. The van der Waals surface area contributed by atoms with Crippen molar-refractivity contribution in [3.05, 3.63) is 23.3 Å². The highest BCUT2D eigenvalue weighted by molar-refractivity contribution is 5.95. The Morgan fingerprint density at radius 3 is 2.11 bits per heavy atom. The molecule has 0 saturated heterocycles. The average Bonchev–Trinajstić information content (AvgIpc) is 2.36. The van der Waals surface area contributed by atoms with Crippen molar-refractivity contribution in [2.45, 2.75) is 20.8 Å². The predicted molar refractivity (Wildman–Crippen MR) is 71.5 cm³/mol. The Kier molecular flexibility index (Phi) is 5.01. The number of rotatable bonds is 5. The number of carbonyl (C=O) groups is 1. The third-order valence-electron chi connectivity index (χ3n) is 2.69. The summed E-state index contributed by atoms with van der Waals surface area (Å²) in [5, 5.41) is 2.87. The predicted octanol–water partition coefficient (Wildman–Crippen LogP) is 2.40. The van der Waals surface area contributed by atoms with E-state index in [0.717, 1.165) is 5.56 Å². The molecule has 0 fully saturated rings. The number of methoxy groups -OCH3 is 2. The molecule has 0 aromatic heterocycles. The molecule has 0 aliphatic rings. The molecule has 0 bridgehead atoms. The first-order valence-corrected chi connectivity index (χ1v) is 6.00. The van der Waals surface area contributed by atoms with Crippen LogP contribution in [0.5, 0.6) is 11.5 Å². The van der Waals surface area contributed by atoms with Crippen molar-refractivity contribution in [2.24, 2.45) is 5.92 Å². The summed E-state index contributed by atoms with van der Waals surface area (Å²) in [5.41, 5.74) is 1.44. The molecule has 1 N–H and O–H groups in total. The van der Waals surface area contributed by atoms with E-state index >= 15 is 0 Å². The lowest BCUT2D eigenvalue weighted by molar-refractivity contribution is 0.0948. The Morgan fingerprint density at radius 1 is 1.22 bits per heavy atom. The van der Waals surface area contributed by atoms with Crippen LogP contribution in [0.3, 0.4) is 0 Å². The molecule has 4 nitrogen and oxygen atoms in total. The van der Waals surface area contributed by atoms with Crippen molar-refractivity contribution >= 4 is 5.91 Å². The van der Waals surface area contributed by atoms with E-state index in [4.69, 9.17) is 9.47 Å².